The standard InChI is InChI=1S/C15H17NO3/c1-9-5-13(7-17)6-10(2)15(9)18-8-14-16-11(3)12(4)19-14/h5-7H,8H2,1-4H3. The second-order valence-electron chi connectivity index (χ2n) is 4.64. The fourth-order valence-electron chi connectivity index (χ4n) is 2.01. The maximum absolute atomic E-state index is 10.8. The van der Waals surface area contributed by atoms with Crippen molar-refractivity contribution in [2.45, 2.75) is 34.3 Å². The normalized spacial score (nSPS) is 10.5. The zero-order valence-corrected chi connectivity index (χ0v) is 11.6. The highest BCUT2D eigenvalue weighted by Gasteiger charge is 2.10. The minimum Gasteiger partial charge on any atom is -0.483 e. The maximum Gasteiger partial charge on any atom is 0.232 e. The molecule has 0 aliphatic heterocycles. The molecule has 1 aromatic carbocycles. The van der Waals surface area contributed by atoms with Crippen LogP contribution < -0.4 is 4.74 Å². The molecule has 4 nitrogen and oxygen atoms in total. The molecule has 2 aromatic rings. The molecule has 0 aliphatic rings. The van der Waals surface area contributed by atoms with Crippen molar-refractivity contribution in [1.82, 2.24) is 4.98 Å². The first kappa shape index (κ1) is 13.3. The Balaban J connectivity index is 2.17. The molecule has 0 aliphatic carbocycles. The Morgan fingerprint density at radius 3 is 2.32 bits per heavy atom. The summed E-state index contributed by atoms with van der Waals surface area (Å²) in [6.45, 7) is 7.90. The van der Waals surface area contributed by atoms with Crippen LogP contribution in [0.1, 0.15) is 38.8 Å². The topological polar surface area (TPSA) is 52.3 Å². The van der Waals surface area contributed by atoms with E-state index in [1.54, 1.807) is 12.1 Å². The monoisotopic (exact) mass is 259 g/mol. The molecular weight excluding hydrogens is 242 g/mol. The van der Waals surface area contributed by atoms with Gasteiger partial charge in [-0.3, -0.25) is 4.79 Å². The molecule has 0 unspecified atom stereocenters. The predicted octanol–water partition coefficient (Wildman–Crippen LogP) is 3.30. The van der Waals surface area contributed by atoms with E-state index in [1.807, 2.05) is 27.7 Å². The van der Waals surface area contributed by atoms with E-state index in [0.29, 0.717) is 11.5 Å². The molecule has 0 N–H and O–H groups in total. The van der Waals surface area contributed by atoms with E-state index in [4.69, 9.17) is 9.15 Å². The number of rotatable bonds is 4. The van der Waals surface area contributed by atoms with Crippen LogP contribution in [0.15, 0.2) is 16.5 Å². The second kappa shape index (κ2) is 5.26. The van der Waals surface area contributed by atoms with Crippen LogP contribution in [-0.2, 0) is 6.61 Å². The Hall–Kier alpha value is -2.10. The van der Waals surface area contributed by atoms with E-state index in [-0.39, 0.29) is 6.61 Å². The average Bonchev–Trinajstić information content (AvgIpc) is 2.67. The minimum atomic E-state index is 0.288. The van der Waals surface area contributed by atoms with Gasteiger partial charge in [0, 0.05) is 5.56 Å². The Bertz CT molecular complexity index is 571. The Kier molecular flexibility index (Phi) is 3.69. The number of hydrogen-bond acceptors (Lipinski definition) is 4. The summed E-state index contributed by atoms with van der Waals surface area (Å²) in [5.41, 5.74) is 3.40. The lowest BCUT2D eigenvalue weighted by molar-refractivity contribution is 0.112. The van der Waals surface area contributed by atoms with Crippen molar-refractivity contribution in [3.63, 3.8) is 0 Å². The molecule has 4 heteroatoms. The molecule has 0 fully saturated rings. The number of oxazole rings is 1. The molecule has 1 aromatic heterocycles. The number of nitrogens with zero attached hydrogens (tertiary/aromatic N) is 1. The lowest BCUT2D eigenvalue weighted by Gasteiger charge is -2.11. The summed E-state index contributed by atoms with van der Waals surface area (Å²) >= 11 is 0. The zero-order chi connectivity index (χ0) is 14.0. The second-order valence-corrected chi connectivity index (χ2v) is 4.64. The van der Waals surface area contributed by atoms with Gasteiger partial charge < -0.3 is 9.15 Å². The van der Waals surface area contributed by atoms with Crippen LogP contribution in [0.4, 0.5) is 0 Å². The van der Waals surface area contributed by atoms with E-state index in [9.17, 15) is 4.79 Å². The van der Waals surface area contributed by atoms with Gasteiger partial charge in [-0.15, -0.1) is 0 Å². The number of carbonyl (C=O) groups excluding carboxylic acids is 1. The third-order valence-corrected chi connectivity index (χ3v) is 3.03. The van der Waals surface area contributed by atoms with E-state index in [1.165, 1.54) is 0 Å². The summed E-state index contributed by atoms with van der Waals surface area (Å²) in [5.74, 6) is 2.15. The zero-order valence-electron chi connectivity index (χ0n) is 11.6. The molecule has 0 saturated heterocycles. The van der Waals surface area contributed by atoms with Gasteiger partial charge in [0.2, 0.25) is 5.89 Å². The first-order chi connectivity index (χ1) is 9.01. The highest BCUT2D eigenvalue weighted by molar-refractivity contribution is 5.76. The number of carbonyl (C=O) groups is 1. The molecule has 19 heavy (non-hydrogen) atoms. The maximum atomic E-state index is 10.8. The smallest absolute Gasteiger partial charge is 0.232 e. The summed E-state index contributed by atoms with van der Waals surface area (Å²) < 4.78 is 11.2. The quantitative estimate of drug-likeness (QED) is 0.790. The van der Waals surface area contributed by atoms with Crippen molar-refractivity contribution < 1.29 is 13.9 Å². The van der Waals surface area contributed by atoms with Gasteiger partial charge in [-0.25, -0.2) is 4.98 Å². The van der Waals surface area contributed by atoms with Crippen LogP contribution in [0.3, 0.4) is 0 Å². The summed E-state index contributed by atoms with van der Waals surface area (Å²) in [5, 5.41) is 0. The van der Waals surface area contributed by atoms with Gasteiger partial charge in [-0.05, 0) is 51.0 Å². The van der Waals surface area contributed by atoms with Crippen LogP contribution in [0.2, 0.25) is 0 Å². The van der Waals surface area contributed by atoms with Crippen molar-refractivity contribution in [2.24, 2.45) is 0 Å². The number of hydrogen-bond donors (Lipinski definition) is 0. The highest BCUT2D eigenvalue weighted by Crippen LogP contribution is 2.25. The first-order valence-corrected chi connectivity index (χ1v) is 6.13. The largest absolute Gasteiger partial charge is 0.483 e. The molecule has 0 spiro atoms. The van der Waals surface area contributed by atoms with Gasteiger partial charge in [0.1, 0.15) is 17.8 Å². The number of aryl methyl sites for hydroxylation is 4. The molecule has 1 heterocycles. The van der Waals surface area contributed by atoms with Crippen LogP contribution in [0.25, 0.3) is 0 Å². The van der Waals surface area contributed by atoms with Gasteiger partial charge in [-0.1, -0.05) is 0 Å². The molecule has 0 radical (unpaired) electrons. The van der Waals surface area contributed by atoms with E-state index in [2.05, 4.69) is 4.98 Å². The lowest BCUT2D eigenvalue weighted by Crippen LogP contribution is -2.00. The van der Waals surface area contributed by atoms with Gasteiger partial charge >= 0.3 is 0 Å². The van der Waals surface area contributed by atoms with Gasteiger partial charge in [-0.2, -0.15) is 0 Å². The molecule has 0 amide bonds. The summed E-state index contributed by atoms with van der Waals surface area (Å²) in [6.07, 6.45) is 0.838. The van der Waals surface area contributed by atoms with E-state index < -0.39 is 0 Å². The Labute approximate surface area is 112 Å². The van der Waals surface area contributed by atoms with Gasteiger partial charge in [0.25, 0.3) is 0 Å². The third kappa shape index (κ3) is 2.84. The molecule has 0 atom stereocenters. The fourth-order valence-corrected chi connectivity index (χ4v) is 2.01. The number of ether oxygens (including phenoxy) is 1. The van der Waals surface area contributed by atoms with Gasteiger partial charge in [0.05, 0.1) is 5.69 Å². The number of aromatic nitrogens is 1. The third-order valence-electron chi connectivity index (χ3n) is 3.03. The van der Waals surface area contributed by atoms with E-state index >= 15 is 0 Å². The molecule has 100 valence electrons. The van der Waals surface area contributed by atoms with Crippen molar-refractivity contribution in [3.05, 3.63) is 46.2 Å². The predicted molar refractivity (Wildman–Crippen MR) is 71.6 cm³/mol. The fraction of sp³-hybridized carbons (Fsp3) is 0.333. The summed E-state index contributed by atoms with van der Waals surface area (Å²) in [7, 11) is 0. The molecule has 0 saturated carbocycles. The number of benzene rings is 1. The van der Waals surface area contributed by atoms with E-state index in [0.717, 1.165) is 34.6 Å². The van der Waals surface area contributed by atoms with Crippen molar-refractivity contribution in [1.29, 1.82) is 0 Å². The summed E-state index contributed by atoms with van der Waals surface area (Å²) in [4.78, 5) is 15.0. The van der Waals surface area contributed by atoms with Crippen LogP contribution in [-0.4, -0.2) is 11.3 Å². The van der Waals surface area contributed by atoms with Crippen molar-refractivity contribution >= 4 is 6.29 Å². The molecule has 0 bridgehead atoms. The molecular formula is C15H17NO3. The Morgan fingerprint density at radius 2 is 1.84 bits per heavy atom. The van der Waals surface area contributed by atoms with Crippen LogP contribution in [0.5, 0.6) is 5.75 Å². The summed E-state index contributed by atoms with van der Waals surface area (Å²) in [6, 6.07) is 3.61. The van der Waals surface area contributed by atoms with Crippen molar-refractivity contribution in [2.75, 3.05) is 0 Å². The number of aldehydes is 1. The van der Waals surface area contributed by atoms with Crippen LogP contribution in [0, 0.1) is 27.7 Å². The first-order valence-electron chi connectivity index (χ1n) is 6.13. The van der Waals surface area contributed by atoms with Crippen LogP contribution >= 0.6 is 0 Å². The highest BCUT2D eigenvalue weighted by atomic mass is 16.5. The van der Waals surface area contributed by atoms with Crippen molar-refractivity contribution in [3.8, 4) is 5.75 Å². The minimum absolute atomic E-state index is 0.288. The Morgan fingerprint density at radius 1 is 1.21 bits per heavy atom. The lowest BCUT2D eigenvalue weighted by atomic mass is 10.1. The SMILES string of the molecule is Cc1cc(C=O)cc(C)c1OCc1nc(C)c(C)o1. The van der Waals surface area contributed by atoms with Gasteiger partial charge in [0.15, 0.2) is 6.61 Å². The average molecular weight is 259 g/mol. The molecule has 2 rings (SSSR count).